The highest BCUT2D eigenvalue weighted by molar-refractivity contribution is 6.00. The number of aliphatic hydroxyl groups is 1. The van der Waals surface area contributed by atoms with Gasteiger partial charge < -0.3 is 15.3 Å². The van der Waals surface area contributed by atoms with Crippen LogP contribution < -0.4 is 5.32 Å². The van der Waals surface area contributed by atoms with E-state index in [4.69, 9.17) is 5.11 Å². The summed E-state index contributed by atoms with van der Waals surface area (Å²) in [6.07, 6.45) is 0. The predicted molar refractivity (Wildman–Crippen MR) is 73.9 cm³/mol. The van der Waals surface area contributed by atoms with Gasteiger partial charge in [-0.25, -0.2) is 4.39 Å². The highest BCUT2D eigenvalue weighted by atomic mass is 19.1. The van der Waals surface area contributed by atoms with E-state index in [2.05, 4.69) is 17.2 Å². The van der Waals surface area contributed by atoms with Gasteiger partial charge in [0.05, 0.1) is 5.56 Å². The van der Waals surface area contributed by atoms with E-state index in [9.17, 15) is 14.0 Å². The van der Waals surface area contributed by atoms with Gasteiger partial charge in [-0.3, -0.25) is 9.59 Å². The third-order valence-electron chi connectivity index (χ3n) is 3.27. The van der Waals surface area contributed by atoms with Gasteiger partial charge >= 0.3 is 0 Å². The van der Waals surface area contributed by atoms with Crippen LogP contribution >= 0.6 is 0 Å². The molecule has 0 spiro atoms. The van der Waals surface area contributed by atoms with Crippen molar-refractivity contribution in [2.45, 2.75) is 13.0 Å². The van der Waals surface area contributed by atoms with Crippen molar-refractivity contribution in [1.29, 1.82) is 0 Å². The summed E-state index contributed by atoms with van der Waals surface area (Å²) >= 11 is 0. The van der Waals surface area contributed by atoms with E-state index in [1.807, 2.05) is 0 Å². The van der Waals surface area contributed by atoms with Crippen molar-refractivity contribution in [2.24, 2.45) is 0 Å². The molecule has 1 unspecified atom stereocenters. The molecule has 0 bridgehead atoms. The Morgan fingerprint density at radius 3 is 3.05 bits per heavy atom. The largest absolute Gasteiger partial charge is 0.384 e. The molecule has 6 heteroatoms. The number of amides is 2. The number of carbonyl (C=O) groups excluding carboxylic acids is 2. The first-order chi connectivity index (χ1) is 10.0. The number of hydrogen-bond donors (Lipinski definition) is 2. The number of carbonyl (C=O) groups is 2. The minimum Gasteiger partial charge on any atom is -0.384 e. The zero-order valence-electron chi connectivity index (χ0n) is 11.5. The van der Waals surface area contributed by atoms with E-state index in [1.165, 1.54) is 17.0 Å². The van der Waals surface area contributed by atoms with Crippen LogP contribution in [0.5, 0.6) is 0 Å². The zero-order valence-corrected chi connectivity index (χ0v) is 11.5. The molecule has 0 radical (unpaired) electrons. The standard InChI is InChI=1S/C15H15FN2O3/c1-10-14(20)17-6-7-18(10)15(21)13-9-12(16)5-4-11(13)3-2-8-19/h4-5,9-10,19H,6-8H2,1H3,(H,17,20). The van der Waals surface area contributed by atoms with Crippen LogP contribution in [-0.4, -0.2) is 47.6 Å². The molecule has 1 aliphatic heterocycles. The van der Waals surface area contributed by atoms with E-state index in [0.717, 1.165) is 6.07 Å². The molecule has 0 saturated carbocycles. The predicted octanol–water partition coefficient (Wildman–Crippen LogP) is 0.130. The van der Waals surface area contributed by atoms with Gasteiger partial charge in [-0.1, -0.05) is 11.8 Å². The number of hydrogen-bond acceptors (Lipinski definition) is 3. The molecular formula is C15H15FN2O3. The number of piperazine rings is 1. The van der Waals surface area contributed by atoms with Gasteiger partial charge in [0.1, 0.15) is 18.5 Å². The first kappa shape index (κ1) is 15.0. The summed E-state index contributed by atoms with van der Waals surface area (Å²) in [5.41, 5.74) is 0.422. The van der Waals surface area contributed by atoms with Crippen LogP contribution in [-0.2, 0) is 4.79 Å². The van der Waals surface area contributed by atoms with Crippen LogP contribution in [0.15, 0.2) is 18.2 Å². The van der Waals surface area contributed by atoms with E-state index >= 15 is 0 Å². The third kappa shape index (κ3) is 3.20. The Kier molecular flexibility index (Phi) is 4.55. The molecular weight excluding hydrogens is 275 g/mol. The Hall–Kier alpha value is -2.39. The van der Waals surface area contributed by atoms with Crippen molar-refractivity contribution in [3.05, 3.63) is 35.1 Å². The quantitative estimate of drug-likeness (QED) is 0.722. The second kappa shape index (κ2) is 6.37. The van der Waals surface area contributed by atoms with Crippen molar-refractivity contribution in [3.63, 3.8) is 0 Å². The number of benzene rings is 1. The van der Waals surface area contributed by atoms with Crippen LogP contribution in [0.1, 0.15) is 22.8 Å². The van der Waals surface area contributed by atoms with Gasteiger partial charge in [0, 0.05) is 18.7 Å². The Labute approximate surface area is 121 Å². The van der Waals surface area contributed by atoms with Crippen molar-refractivity contribution in [3.8, 4) is 11.8 Å². The summed E-state index contributed by atoms with van der Waals surface area (Å²) < 4.78 is 13.4. The monoisotopic (exact) mass is 290 g/mol. The fraction of sp³-hybridized carbons (Fsp3) is 0.333. The van der Waals surface area contributed by atoms with Crippen LogP contribution in [0.3, 0.4) is 0 Å². The van der Waals surface area contributed by atoms with E-state index in [0.29, 0.717) is 18.7 Å². The normalized spacial score (nSPS) is 17.8. The maximum absolute atomic E-state index is 13.4. The molecule has 0 aliphatic carbocycles. The topological polar surface area (TPSA) is 69.6 Å². The molecule has 2 amide bonds. The fourth-order valence-corrected chi connectivity index (χ4v) is 2.15. The smallest absolute Gasteiger partial charge is 0.255 e. The molecule has 1 fully saturated rings. The lowest BCUT2D eigenvalue weighted by atomic mass is 10.0. The molecule has 2 rings (SSSR count). The SMILES string of the molecule is CC1C(=O)NCCN1C(=O)c1cc(F)ccc1C#CCO. The molecule has 0 aromatic heterocycles. The molecule has 1 saturated heterocycles. The summed E-state index contributed by atoms with van der Waals surface area (Å²) in [5, 5.41) is 11.4. The van der Waals surface area contributed by atoms with Crippen molar-refractivity contribution < 1.29 is 19.1 Å². The highest BCUT2D eigenvalue weighted by Gasteiger charge is 2.30. The van der Waals surface area contributed by atoms with Gasteiger partial charge in [0.15, 0.2) is 0 Å². The second-order valence-corrected chi connectivity index (χ2v) is 4.62. The molecule has 110 valence electrons. The number of rotatable bonds is 1. The minimum atomic E-state index is -0.617. The third-order valence-corrected chi connectivity index (χ3v) is 3.27. The zero-order chi connectivity index (χ0) is 15.4. The van der Waals surface area contributed by atoms with Gasteiger partial charge in [0.25, 0.3) is 5.91 Å². The highest BCUT2D eigenvalue weighted by Crippen LogP contribution is 2.16. The lowest BCUT2D eigenvalue weighted by molar-refractivity contribution is -0.127. The van der Waals surface area contributed by atoms with Gasteiger partial charge in [-0.05, 0) is 25.1 Å². The maximum atomic E-state index is 13.4. The lowest BCUT2D eigenvalue weighted by Crippen LogP contribution is -2.55. The van der Waals surface area contributed by atoms with Gasteiger partial charge in [-0.15, -0.1) is 0 Å². The van der Waals surface area contributed by atoms with Crippen LogP contribution in [0.4, 0.5) is 4.39 Å². The number of aliphatic hydroxyl groups excluding tert-OH is 1. The summed E-state index contributed by atoms with van der Waals surface area (Å²) in [6.45, 7) is 1.98. The molecule has 1 aliphatic rings. The Morgan fingerprint density at radius 2 is 2.33 bits per heavy atom. The second-order valence-electron chi connectivity index (χ2n) is 4.62. The molecule has 1 aromatic rings. The van der Waals surface area contributed by atoms with E-state index in [-0.39, 0.29) is 18.1 Å². The summed E-state index contributed by atoms with van der Waals surface area (Å²) in [7, 11) is 0. The molecule has 5 nitrogen and oxygen atoms in total. The number of halogens is 1. The van der Waals surface area contributed by atoms with Gasteiger partial charge in [-0.2, -0.15) is 0 Å². The lowest BCUT2D eigenvalue weighted by Gasteiger charge is -2.33. The van der Waals surface area contributed by atoms with Crippen LogP contribution in [0, 0.1) is 17.7 Å². The fourth-order valence-electron chi connectivity index (χ4n) is 2.15. The van der Waals surface area contributed by atoms with Crippen molar-refractivity contribution >= 4 is 11.8 Å². The first-order valence-corrected chi connectivity index (χ1v) is 6.52. The van der Waals surface area contributed by atoms with Crippen LogP contribution in [0.25, 0.3) is 0 Å². The van der Waals surface area contributed by atoms with Crippen LogP contribution in [0.2, 0.25) is 0 Å². The summed E-state index contributed by atoms with van der Waals surface area (Å²) in [6, 6.07) is 3.07. The van der Waals surface area contributed by atoms with E-state index in [1.54, 1.807) is 6.92 Å². The molecule has 1 heterocycles. The maximum Gasteiger partial charge on any atom is 0.255 e. The molecule has 2 N–H and O–H groups in total. The minimum absolute atomic E-state index is 0.0949. The molecule has 21 heavy (non-hydrogen) atoms. The Morgan fingerprint density at radius 1 is 1.57 bits per heavy atom. The Balaban J connectivity index is 2.38. The van der Waals surface area contributed by atoms with E-state index < -0.39 is 17.8 Å². The average molecular weight is 290 g/mol. The van der Waals surface area contributed by atoms with Crippen molar-refractivity contribution in [2.75, 3.05) is 19.7 Å². The molecule has 1 aromatic carbocycles. The first-order valence-electron chi connectivity index (χ1n) is 6.52. The molecule has 1 atom stereocenters. The summed E-state index contributed by atoms with van der Waals surface area (Å²) in [5.74, 6) is 3.82. The Bertz CT molecular complexity index is 634. The van der Waals surface area contributed by atoms with Gasteiger partial charge in [0.2, 0.25) is 5.91 Å². The van der Waals surface area contributed by atoms with Crippen molar-refractivity contribution in [1.82, 2.24) is 10.2 Å². The number of nitrogens with zero attached hydrogens (tertiary/aromatic N) is 1. The summed E-state index contributed by atoms with van der Waals surface area (Å²) in [4.78, 5) is 25.6. The average Bonchev–Trinajstić information content (AvgIpc) is 2.48. The number of nitrogens with one attached hydrogen (secondary N) is 1.